The van der Waals surface area contributed by atoms with Gasteiger partial charge in [-0.3, -0.25) is 14.4 Å². The SMILES string of the molecule is NC(=O)C[C@@H](NC(=O)[C@@H](N)CCCN=C(N)N[N+](=O)[O-])C(N)=O. The molecular formula is C10H20N8O5. The van der Waals surface area contributed by atoms with E-state index in [-0.39, 0.29) is 18.9 Å². The molecule has 0 radical (unpaired) electrons. The number of nitrogens with one attached hydrogen (secondary N) is 2. The van der Waals surface area contributed by atoms with E-state index < -0.39 is 41.3 Å². The molecule has 0 aromatic heterocycles. The Morgan fingerprint density at radius 2 is 1.83 bits per heavy atom. The van der Waals surface area contributed by atoms with Crippen molar-refractivity contribution in [1.29, 1.82) is 0 Å². The molecule has 0 saturated heterocycles. The van der Waals surface area contributed by atoms with Crippen LogP contribution in [0.5, 0.6) is 0 Å². The van der Waals surface area contributed by atoms with Crippen LogP contribution in [0.15, 0.2) is 4.99 Å². The third kappa shape index (κ3) is 9.57. The molecule has 3 amide bonds. The van der Waals surface area contributed by atoms with E-state index in [0.717, 1.165) is 0 Å². The molecule has 13 nitrogen and oxygen atoms in total. The van der Waals surface area contributed by atoms with Crippen molar-refractivity contribution in [3.8, 4) is 0 Å². The number of nitrogens with two attached hydrogens (primary N) is 4. The topological polar surface area (TPSA) is 235 Å². The maximum atomic E-state index is 11.8. The molecule has 2 atom stereocenters. The van der Waals surface area contributed by atoms with Gasteiger partial charge < -0.3 is 28.3 Å². The quantitative estimate of drug-likeness (QED) is 0.0756. The van der Waals surface area contributed by atoms with Crippen LogP contribution < -0.4 is 33.7 Å². The second-order valence-electron chi connectivity index (χ2n) is 4.52. The summed E-state index contributed by atoms with van der Waals surface area (Å²) in [4.78, 5) is 47.3. The summed E-state index contributed by atoms with van der Waals surface area (Å²) in [5.74, 6) is -2.77. The number of primary amides is 2. The van der Waals surface area contributed by atoms with Crippen LogP contribution >= 0.6 is 0 Å². The second kappa shape index (κ2) is 9.88. The molecule has 0 rings (SSSR count). The Hall–Kier alpha value is -2.96. The van der Waals surface area contributed by atoms with Crippen LogP contribution in [0, 0.1) is 10.1 Å². The molecule has 0 heterocycles. The third-order valence-corrected chi connectivity index (χ3v) is 2.56. The van der Waals surface area contributed by atoms with Gasteiger partial charge in [0.2, 0.25) is 17.7 Å². The summed E-state index contributed by atoms with van der Waals surface area (Å²) in [5.41, 5.74) is 22.4. The van der Waals surface area contributed by atoms with E-state index in [4.69, 9.17) is 22.9 Å². The number of carbonyl (C=O) groups is 3. The minimum absolute atomic E-state index is 0.105. The minimum Gasteiger partial charge on any atom is -0.370 e. The molecule has 13 heteroatoms. The molecule has 0 unspecified atom stereocenters. The zero-order valence-electron chi connectivity index (χ0n) is 12.2. The standard InChI is InChI=1S/C10H20N8O5/c11-5(2-1-3-15-10(14)17-18(22)23)9(21)16-6(8(13)20)4-7(12)19/h5-6H,1-4,11H2,(H2,12,19)(H2,13,20)(H,16,21)(H3,14,15,17)/t5-,6+/m0/s1. The maximum absolute atomic E-state index is 11.8. The molecule has 0 aliphatic carbocycles. The first-order valence-corrected chi connectivity index (χ1v) is 6.48. The maximum Gasteiger partial charge on any atom is 0.251 e. The van der Waals surface area contributed by atoms with Crippen molar-refractivity contribution >= 4 is 23.7 Å². The molecule has 130 valence electrons. The highest BCUT2D eigenvalue weighted by Crippen LogP contribution is 1.98. The fourth-order valence-electron chi connectivity index (χ4n) is 1.47. The van der Waals surface area contributed by atoms with Crippen molar-refractivity contribution in [2.24, 2.45) is 27.9 Å². The van der Waals surface area contributed by atoms with Gasteiger partial charge in [0.25, 0.3) is 5.96 Å². The predicted octanol–water partition coefficient (Wildman–Crippen LogP) is -3.96. The van der Waals surface area contributed by atoms with Gasteiger partial charge in [0.05, 0.1) is 12.5 Å². The predicted molar refractivity (Wildman–Crippen MR) is 78.8 cm³/mol. The summed E-state index contributed by atoms with van der Waals surface area (Å²) in [7, 11) is 0. The fraction of sp³-hybridized carbons (Fsp3) is 0.600. The zero-order chi connectivity index (χ0) is 18.0. The number of nitro groups is 1. The molecule has 0 fully saturated rings. The number of rotatable bonds is 10. The van der Waals surface area contributed by atoms with Crippen molar-refractivity contribution in [1.82, 2.24) is 10.7 Å². The fourth-order valence-corrected chi connectivity index (χ4v) is 1.47. The van der Waals surface area contributed by atoms with Crippen molar-refractivity contribution in [3.63, 3.8) is 0 Å². The summed E-state index contributed by atoms with van der Waals surface area (Å²) < 4.78 is 0. The molecular weight excluding hydrogens is 312 g/mol. The van der Waals surface area contributed by atoms with Crippen LogP contribution in [0.3, 0.4) is 0 Å². The summed E-state index contributed by atoms with van der Waals surface area (Å²) in [6.07, 6.45) is 0.0516. The van der Waals surface area contributed by atoms with E-state index in [2.05, 4.69) is 10.3 Å². The van der Waals surface area contributed by atoms with Crippen LogP contribution in [-0.2, 0) is 14.4 Å². The highest BCUT2D eigenvalue weighted by atomic mass is 16.7. The molecule has 0 aromatic carbocycles. The monoisotopic (exact) mass is 332 g/mol. The number of carbonyl (C=O) groups excluding carboxylic acids is 3. The van der Waals surface area contributed by atoms with Crippen molar-refractivity contribution in [2.75, 3.05) is 6.54 Å². The largest absolute Gasteiger partial charge is 0.370 e. The number of nitrogens with zero attached hydrogens (tertiary/aromatic N) is 2. The van der Waals surface area contributed by atoms with Gasteiger partial charge in [-0.05, 0) is 12.8 Å². The lowest BCUT2D eigenvalue weighted by Gasteiger charge is -2.17. The molecule has 0 aliphatic heterocycles. The third-order valence-electron chi connectivity index (χ3n) is 2.56. The van der Waals surface area contributed by atoms with Gasteiger partial charge in [0, 0.05) is 6.54 Å². The van der Waals surface area contributed by atoms with Gasteiger partial charge in [0.15, 0.2) is 5.03 Å². The lowest BCUT2D eigenvalue weighted by atomic mass is 10.1. The Bertz CT molecular complexity index is 494. The van der Waals surface area contributed by atoms with E-state index in [1.54, 1.807) is 5.43 Å². The molecule has 0 spiro atoms. The van der Waals surface area contributed by atoms with Gasteiger partial charge in [-0.15, -0.1) is 0 Å². The van der Waals surface area contributed by atoms with E-state index in [9.17, 15) is 24.5 Å². The van der Waals surface area contributed by atoms with Gasteiger partial charge in [-0.25, -0.2) is 15.1 Å². The number of amides is 3. The zero-order valence-corrected chi connectivity index (χ0v) is 12.2. The van der Waals surface area contributed by atoms with E-state index in [0.29, 0.717) is 6.42 Å². The lowest BCUT2D eigenvalue weighted by molar-refractivity contribution is -0.525. The molecule has 0 aliphatic rings. The Morgan fingerprint density at radius 3 is 2.30 bits per heavy atom. The number of hydrogen-bond acceptors (Lipinski definition) is 7. The van der Waals surface area contributed by atoms with Gasteiger partial charge in [0.1, 0.15) is 6.04 Å². The van der Waals surface area contributed by atoms with Crippen LogP contribution in [-0.4, -0.2) is 47.3 Å². The van der Waals surface area contributed by atoms with Gasteiger partial charge in [-0.1, -0.05) is 5.43 Å². The summed E-state index contributed by atoms with van der Waals surface area (Å²) in [5, 5.41) is 11.4. The van der Waals surface area contributed by atoms with E-state index in [1.165, 1.54) is 0 Å². The molecule has 0 bridgehead atoms. The van der Waals surface area contributed by atoms with Crippen LogP contribution in [0.1, 0.15) is 19.3 Å². The molecule has 0 saturated carbocycles. The highest BCUT2D eigenvalue weighted by Gasteiger charge is 2.23. The summed E-state index contributed by atoms with van der Waals surface area (Å²) in [6, 6.07) is -2.21. The minimum atomic E-state index is -1.23. The summed E-state index contributed by atoms with van der Waals surface area (Å²) >= 11 is 0. The van der Waals surface area contributed by atoms with Crippen LogP contribution in [0.25, 0.3) is 0 Å². The molecule has 23 heavy (non-hydrogen) atoms. The van der Waals surface area contributed by atoms with Crippen molar-refractivity contribution in [2.45, 2.75) is 31.3 Å². The average molecular weight is 332 g/mol. The molecule has 0 aromatic rings. The van der Waals surface area contributed by atoms with Crippen LogP contribution in [0.4, 0.5) is 0 Å². The Balaban J connectivity index is 4.26. The lowest BCUT2D eigenvalue weighted by Crippen LogP contribution is -2.51. The number of guanidine groups is 1. The number of hydrogen-bond donors (Lipinski definition) is 6. The van der Waals surface area contributed by atoms with E-state index >= 15 is 0 Å². The highest BCUT2D eigenvalue weighted by molar-refractivity contribution is 5.92. The summed E-state index contributed by atoms with van der Waals surface area (Å²) in [6.45, 7) is 0.105. The first-order valence-electron chi connectivity index (χ1n) is 6.48. The Labute approximate surface area is 130 Å². The smallest absolute Gasteiger partial charge is 0.251 e. The average Bonchev–Trinajstić information content (AvgIpc) is 2.41. The molecule has 10 N–H and O–H groups in total. The van der Waals surface area contributed by atoms with Crippen molar-refractivity contribution in [3.05, 3.63) is 10.1 Å². The second-order valence-corrected chi connectivity index (χ2v) is 4.52. The first-order chi connectivity index (χ1) is 10.6. The Morgan fingerprint density at radius 1 is 1.22 bits per heavy atom. The van der Waals surface area contributed by atoms with E-state index in [1.807, 2.05) is 0 Å². The van der Waals surface area contributed by atoms with Crippen LogP contribution in [0.2, 0.25) is 0 Å². The Kier molecular flexibility index (Phi) is 8.61. The first kappa shape index (κ1) is 20.0. The van der Waals surface area contributed by atoms with Gasteiger partial charge >= 0.3 is 0 Å². The van der Waals surface area contributed by atoms with Gasteiger partial charge in [-0.2, -0.15) is 0 Å². The number of hydrazine groups is 1. The number of aliphatic imine (C=N–C) groups is 1. The normalized spacial score (nSPS) is 13.7. The van der Waals surface area contributed by atoms with Crippen molar-refractivity contribution < 1.29 is 19.4 Å².